The van der Waals surface area contributed by atoms with Crippen molar-refractivity contribution in [3.8, 4) is 0 Å². The van der Waals surface area contributed by atoms with Crippen molar-refractivity contribution in [1.29, 1.82) is 0 Å². The quantitative estimate of drug-likeness (QED) is 0.120. The van der Waals surface area contributed by atoms with Gasteiger partial charge in [0.25, 0.3) is 0 Å². The SMILES string of the molecule is CCCCC(NC(=O)NCCCOCCOCCOCCCNC(O)Nc1ccccc1C)C(C)C. The predicted octanol–water partition coefficient (Wildman–Crippen LogP) is 3.62. The highest BCUT2D eigenvalue weighted by molar-refractivity contribution is 5.74. The fraction of sp³-hybridized carbons (Fsp3) is 0.741. The Morgan fingerprint density at radius 3 is 2.14 bits per heavy atom. The van der Waals surface area contributed by atoms with Crippen LogP contribution in [-0.2, 0) is 14.2 Å². The number of nitrogens with one attached hydrogen (secondary N) is 4. The summed E-state index contributed by atoms with van der Waals surface area (Å²) in [4.78, 5) is 12.0. The van der Waals surface area contributed by atoms with Gasteiger partial charge in [-0.05, 0) is 43.7 Å². The van der Waals surface area contributed by atoms with Crippen LogP contribution in [0.3, 0.4) is 0 Å². The van der Waals surface area contributed by atoms with Gasteiger partial charge < -0.3 is 35.3 Å². The summed E-state index contributed by atoms with van der Waals surface area (Å²) in [5.41, 5.74) is 1.99. The van der Waals surface area contributed by atoms with Gasteiger partial charge in [-0.25, -0.2) is 4.79 Å². The highest BCUT2D eigenvalue weighted by atomic mass is 16.5. The smallest absolute Gasteiger partial charge is 0.315 e. The summed E-state index contributed by atoms with van der Waals surface area (Å²) >= 11 is 0. The lowest BCUT2D eigenvalue weighted by atomic mass is 9.99. The van der Waals surface area contributed by atoms with Crippen molar-refractivity contribution in [2.45, 2.75) is 72.2 Å². The Morgan fingerprint density at radius 1 is 0.917 bits per heavy atom. The van der Waals surface area contributed by atoms with Gasteiger partial charge in [0.1, 0.15) is 0 Å². The number of carbonyl (C=O) groups is 1. The molecule has 0 aliphatic carbocycles. The molecule has 1 aromatic rings. The topological polar surface area (TPSA) is 113 Å². The largest absolute Gasteiger partial charge is 0.379 e. The van der Waals surface area contributed by atoms with Gasteiger partial charge in [0.15, 0.2) is 6.35 Å². The van der Waals surface area contributed by atoms with Crippen molar-refractivity contribution in [1.82, 2.24) is 16.0 Å². The van der Waals surface area contributed by atoms with Crippen molar-refractivity contribution >= 4 is 11.7 Å². The van der Waals surface area contributed by atoms with Crippen LogP contribution in [-0.4, -0.2) is 76.3 Å². The summed E-state index contributed by atoms with van der Waals surface area (Å²) in [6, 6.07) is 7.95. The maximum Gasteiger partial charge on any atom is 0.315 e. The number of rotatable bonds is 22. The van der Waals surface area contributed by atoms with Crippen molar-refractivity contribution in [3.05, 3.63) is 29.8 Å². The third-order valence-corrected chi connectivity index (χ3v) is 5.73. The Balaban J connectivity index is 1.85. The summed E-state index contributed by atoms with van der Waals surface area (Å²) < 4.78 is 16.6. The van der Waals surface area contributed by atoms with Gasteiger partial charge in [-0.15, -0.1) is 0 Å². The molecule has 5 N–H and O–H groups in total. The first-order chi connectivity index (χ1) is 17.4. The molecule has 0 fully saturated rings. The maximum atomic E-state index is 12.0. The average Bonchev–Trinajstić information content (AvgIpc) is 2.85. The summed E-state index contributed by atoms with van der Waals surface area (Å²) in [5.74, 6) is 0.430. The predicted molar refractivity (Wildman–Crippen MR) is 145 cm³/mol. The Hall–Kier alpha value is -1.91. The summed E-state index contributed by atoms with van der Waals surface area (Å²) in [6.45, 7) is 12.9. The first kappa shape index (κ1) is 32.1. The Labute approximate surface area is 218 Å². The molecule has 36 heavy (non-hydrogen) atoms. The number of aryl methyl sites for hydroxylation is 1. The van der Waals surface area contributed by atoms with Gasteiger partial charge in [0.05, 0.1) is 26.4 Å². The third-order valence-electron chi connectivity index (χ3n) is 5.73. The van der Waals surface area contributed by atoms with E-state index >= 15 is 0 Å². The number of anilines is 1. The number of carbonyl (C=O) groups excluding carboxylic acids is 1. The zero-order valence-electron chi connectivity index (χ0n) is 22.8. The monoisotopic (exact) mass is 510 g/mol. The second-order valence-electron chi connectivity index (χ2n) is 9.25. The molecule has 0 spiro atoms. The molecule has 9 nitrogen and oxygen atoms in total. The number of unbranched alkanes of at least 4 members (excludes halogenated alkanes) is 1. The number of urea groups is 1. The number of aliphatic hydroxyl groups is 1. The van der Waals surface area contributed by atoms with Gasteiger partial charge in [-0.2, -0.15) is 0 Å². The van der Waals surface area contributed by atoms with E-state index in [0.29, 0.717) is 58.6 Å². The van der Waals surface area contributed by atoms with Crippen LogP contribution in [0.25, 0.3) is 0 Å². The standard InChI is InChI=1S/C27H50N4O5/c1-5-6-12-24(22(2)3)30-26(32)28-14-9-16-34-18-20-36-21-19-35-17-10-15-29-27(33)31-25-13-8-7-11-23(25)4/h7-8,11,13,22,24,27,29,31,33H,5-6,9-10,12,14-21H2,1-4H3,(H2,28,30,32). The van der Waals surface area contributed by atoms with Crippen LogP contribution in [0.15, 0.2) is 24.3 Å². The van der Waals surface area contributed by atoms with E-state index in [4.69, 9.17) is 14.2 Å². The van der Waals surface area contributed by atoms with Crippen molar-refractivity contribution in [3.63, 3.8) is 0 Å². The zero-order valence-corrected chi connectivity index (χ0v) is 22.8. The van der Waals surface area contributed by atoms with E-state index in [2.05, 4.69) is 42.0 Å². The molecule has 2 unspecified atom stereocenters. The molecule has 0 aliphatic rings. The minimum Gasteiger partial charge on any atom is -0.379 e. The second-order valence-corrected chi connectivity index (χ2v) is 9.25. The lowest BCUT2D eigenvalue weighted by molar-refractivity contribution is 0.0135. The average molecular weight is 511 g/mol. The van der Waals surface area contributed by atoms with Crippen molar-refractivity contribution in [2.24, 2.45) is 5.92 Å². The lowest BCUT2D eigenvalue weighted by Gasteiger charge is -2.22. The second kappa shape index (κ2) is 21.2. The third kappa shape index (κ3) is 16.7. The van der Waals surface area contributed by atoms with Crippen molar-refractivity contribution < 1.29 is 24.1 Å². The number of amides is 2. The number of hydrogen-bond donors (Lipinski definition) is 5. The maximum absolute atomic E-state index is 12.0. The van der Waals surface area contributed by atoms with Crippen LogP contribution in [0.5, 0.6) is 0 Å². The molecule has 0 radical (unpaired) electrons. The van der Waals surface area contributed by atoms with Crippen LogP contribution < -0.4 is 21.3 Å². The Bertz CT molecular complexity index is 677. The summed E-state index contributed by atoms with van der Waals surface area (Å²) in [7, 11) is 0. The van der Waals surface area contributed by atoms with E-state index in [1.54, 1.807) is 0 Å². The molecular weight excluding hydrogens is 460 g/mol. The molecule has 0 saturated heterocycles. The normalized spacial score (nSPS) is 12.9. The van der Waals surface area contributed by atoms with E-state index in [1.807, 2.05) is 31.2 Å². The summed E-state index contributed by atoms with van der Waals surface area (Å²) in [5, 5.41) is 22.0. The van der Waals surface area contributed by atoms with Gasteiger partial charge in [0, 0.05) is 38.0 Å². The molecule has 1 rings (SSSR count). The summed E-state index contributed by atoms with van der Waals surface area (Å²) in [6.07, 6.45) is 4.04. The fourth-order valence-electron chi connectivity index (χ4n) is 3.48. The van der Waals surface area contributed by atoms with E-state index in [0.717, 1.165) is 43.4 Å². The van der Waals surface area contributed by atoms with Crippen molar-refractivity contribution in [2.75, 3.05) is 58.0 Å². The fourth-order valence-corrected chi connectivity index (χ4v) is 3.48. The van der Waals surface area contributed by atoms with Crippen LogP contribution >= 0.6 is 0 Å². The molecule has 0 saturated carbocycles. The highest BCUT2D eigenvalue weighted by Gasteiger charge is 2.15. The molecule has 1 aromatic carbocycles. The molecule has 2 amide bonds. The van der Waals surface area contributed by atoms with E-state index in [9.17, 15) is 9.90 Å². The molecule has 2 atom stereocenters. The molecule has 0 bridgehead atoms. The number of aliphatic hydroxyl groups excluding tert-OH is 1. The van der Waals surface area contributed by atoms with Gasteiger partial charge in [-0.1, -0.05) is 51.8 Å². The number of para-hydroxylation sites is 1. The molecule has 208 valence electrons. The van der Waals surface area contributed by atoms with Crippen LogP contribution in [0, 0.1) is 12.8 Å². The minimum absolute atomic E-state index is 0.0981. The Kier molecular flexibility index (Phi) is 18.9. The lowest BCUT2D eigenvalue weighted by Crippen LogP contribution is -2.44. The number of benzene rings is 1. The van der Waals surface area contributed by atoms with Crippen LogP contribution in [0.2, 0.25) is 0 Å². The highest BCUT2D eigenvalue weighted by Crippen LogP contribution is 2.13. The Morgan fingerprint density at radius 2 is 1.53 bits per heavy atom. The van der Waals surface area contributed by atoms with Gasteiger partial charge in [0.2, 0.25) is 0 Å². The minimum atomic E-state index is -0.796. The molecule has 0 aliphatic heterocycles. The number of ether oxygens (including phenoxy) is 3. The van der Waals surface area contributed by atoms with E-state index in [-0.39, 0.29) is 12.1 Å². The van der Waals surface area contributed by atoms with Gasteiger partial charge >= 0.3 is 6.03 Å². The van der Waals surface area contributed by atoms with Crippen LogP contribution in [0.1, 0.15) is 58.4 Å². The molecule has 0 aromatic heterocycles. The molecule has 0 heterocycles. The van der Waals surface area contributed by atoms with E-state index in [1.165, 1.54) is 0 Å². The number of hydrogen-bond acceptors (Lipinski definition) is 7. The van der Waals surface area contributed by atoms with Crippen LogP contribution in [0.4, 0.5) is 10.5 Å². The first-order valence-electron chi connectivity index (χ1n) is 13.4. The molecule has 9 heteroatoms. The first-order valence-corrected chi connectivity index (χ1v) is 13.4. The van der Waals surface area contributed by atoms with E-state index < -0.39 is 6.35 Å². The zero-order chi connectivity index (χ0) is 26.4. The molecular formula is C27H50N4O5. The van der Waals surface area contributed by atoms with Gasteiger partial charge in [-0.3, -0.25) is 5.32 Å².